The van der Waals surface area contributed by atoms with Crippen LogP contribution in [0.3, 0.4) is 0 Å². The molecule has 1 heterocycles. The highest BCUT2D eigenvalue weighted by Crippen LogP contribution is 2.23. The molecule has 5 nitrogen and oxygen atoms in total. The average Bonchev–Trinajstić information content (AvgIpc) is 2.83. The van der Waals surface area contributed by atoms with Crippen LogP contribution in [0.4, 0.5) is 4.79 Å². The molecule has 2 aliphatic rings. The molecule has 5 heteroatoms. The largest absolute Gasteiger partial charge is 0.335 e. The topological polar surface area (TPSA) is 59.0 Å². The molecule has 0 aromatic carbocycles. The lowest BCUT2D eigenvalue weighted by Gasteiger charge is -2.22. The Hall–Kier alpha value is -1.52. The van der Waals surface area contributed by atoms with Gasteiger partial charge in [-0.2, -0.15) is 5.10 Å². The molecule has 2 aliphatic carbocycles. The predicted octanol–water partition coefficient (Wildman–Crippen LogP) is 2.43. The van der Waals surface area contributed by atoms with E-state index in [2.05, 4.69) is 15.7 Å². The lowest BCUT2D eigenvalue weighted by atomic mass is 9.95. The molecule has 2 N–H and O–H groups in total. The van der Waals surface area contributed by atoms with Gasteiger partial charge in [0.25, 0.3) is 0 Å². The third-order valence-corrected chi connectivity index (χ3v) is 4.81. The van der Waals surface area contributed by atoms with Crippen molar-refractivity contribution in [3.05, 3.63) is 17.0 Å². The highest BCUT2D eigenvalue weighted by molar-refractivity contribution is 5.74. The predicted molar refractivity (Wildman–Crippen MR) is 82.1 cm³/mol. The first-order valence-electron chi connectivity index (χ1n) is 8.32. The number of aromatic nitrogens is 2. The van der Waals surface area contributed by atoms with Gasteiger partial charge < -0.3 is 10.6 Å². The molecule has 2 amide bonds. The van der Waals surface area contributed by atoms with E-state index in [1.54, 1.807) is 0 Å². The molecule has 1 aromatic heterocycles. The second-order valence-corrected chi connectivity index (χ2v) is 6.36. The minimum absolute atomic E-state index is 0.0443. The zero-order chi connectivity index (χ0) is 14.7. The molecular formula is C16H26N4O. The van der Waals surface area contributed by atoms with E-state index in [9.17, 15) is 4.79 Å². The Morgan fingerprint density at radius 3 is 2.76 bits per heavy atom. The number of aryl methyl sites for hydroxylation is 1. The smallest absolute Gasteiger partial charge is 0.315 e. The van der Waals surface area contributed by atoms with Crippen molar-refractivity contribution < 1.29 is 4.79 Å². The lowest BCUT2D eigenvalue weighted by Crippen LogP contribution is -2.42. The number of amides is 2. The van der Waals surface area contributed by atoms with Gasteiger partial charge in [0.1, 0.15) is 0 Å². The Morgan fingerprint density at radius 2 is 1.95 bits per heavy atom. The number of nitrogens with zero attached hydrogens (tertiary/aromatic N) is 2. The van der Waals surface area contributed by atoms with Crippen LogP contribution in [-0.2, 0) is 26.4 Å². The van der Waals surface area contributed by atoms with E-state index in [1.807, 2.05) is 11.7 Å². The fraction of sp³-hybridized carbons (Fsp3) is 0.750. The van der Waals surface area contributed by atoms with Crippen LogP contribution in [0.1, 0.15) is 61.9 Å². The van der Waals surface area contributed by atoms with E-state index in [1.165, 1.54) is 43.4 Å². The van der Waals surface area contributed by atoms with Crippen LogP contribution in [0.5, 0.6) is 0 Å². The van der Waals surface area contributed by atoms with E-state index >= 15 is 0 Å². The van der Waals surface area contributed by atoms with Crippen LogP contribution < -0.4 is 10.6 Å². The van der Waals surface area contributed by atoms with Crippen molar-refractivity contribution in [3.8, 4) is 0 Å². The molecule has 21 heavy (non-hydrogen) atoms. The quantitative estimate of drug-likeness (QED) is 0.898. The van der Waals surface area contributed by atoms with Gasteiger partial charge in [-0.15, -0.1) is 0 Å². The number of hydrogen-bond donors (Lipinski definition) is 2. The maximum absolute atomic E-state index is 12.0. The van der Waals surface area contributed by atoms with Crippen molar-refractivity contribution in [2.45, 2.75) is 70.4 Å². The summed E-state index contributed by atoms with van der Waals surface area (Å²) in [5.41, 5.74) is 3.76. The van der Waals surface area contributed by atoms with Crippen molar-refractivity contribution in [3.63, 3.8) is 0 Å². The number of carbonyl (C=O) groups excluding carboxylic acids is 1. The zero-order valence-corrected chi connectivity index (χ0v) is 13.0. The number of nitrogens with one attached hydrogen (secondary N) is 2. The molecule has 0 atom stereocenters. The minimum atomic E-state index is -0.0443. The lowest BCUT2D eigenvalue weighted by molar-refractivity contribution is 0.232. The van der Waals surface area contributed by atoms with E-state index in [0.717, 1.165) is 31.4 Å². The minimum Gasteiger partial charge on any atom is -0.335 e. The molecule has 0 bridgehead atoms. The standard InChI is InChI=1S/C16H26N4O/c1-20-15-10-6-5-9-13(15)14(19-20)11-17-16(21)18-12-7-3-2-4-8-12/h12H,2-11H2,1H3,(H2,17,18,21). The van der Waals surface area contributed by atoms with Crippen LogP contribution in [0.2, 0.25) is 0 Å². The van der Waals surface area contributed by atoms with Crippen molar-refractivity contribution in [1.29, 1.82) is 0 Å². The fourth-order valence-electron chi connectivity index (χ4n) is 3.65. The van der Waals surface area contributed by atoms with E-state index in [-0.39, 0.29) is 6.03 Å². The van der Waals surface area contributed by atoms with E-state index in [4.69, 9.17) is 0 Å². The summed E-state index contributed by atoms with van der Waals surface area (Å²) in [6.07, 6.45) is 10.7. The molecular weight excluding hydrogens is 264 g/mol. The van der Waals surface area contributed by atoms with Gasteiger partial charge in [0.05, 0.1) is 12.2 Å². The summed E-state index contributed by atoms with van der Waals surface area (Å²) in [5.74, 6) is 0. The van der Waals surface area contributed by atoms with Gasteiger partial charge in [-0.3, -0.25) is 4.68 Å². The molecule has 0 saturated heterocycles. The number of fused-ring (bicyclic) bond motifs is 1. The van der Waals surface area contributed by atoms with Crippen LogP contribution in [0, 0.1) is 0 Å². The average molecular weight is 290 g/mol. The summed E-state index contributed by atoms with van der Waals surface area (Å²) < 4.78 is 1.99. The summed E-state index contributed by atoms with van der Waals surface area (Å²) in [4.78, 5) is 12.0. The third-order valence-electron chi connectivity index (χ3n) is 4.81. The molecule has 0 spiro atoms. The van der Waals surface area contributed by atoms with Gasteiger partial charge in [0, 0.05) is 18.8 Å². The maximum atomic E-state index is 12.0. The summed E-state index contributed by atoms with van der Waals surface area (Å²) in [6.45, 7) is 0.543. The summed E-state index contributed by atoms with van der Waals surface area (Å²) in [6, 6.07) is 0.313. The fourth-order valence-corrected chi connectivity index (χ4v) is 3.65. The van der Waals surface area contributed by atoms with Gasteiger partial charge in [0.15, 0.2) is 0 Å². The second-order valence-electron chi connectivity index (χ2n) is 6.36. The summed E-state index contributed by atoms with van der Waals surface area (Å²) in [7, 11) is 2.01. The summed E-state index contributed by atoms with van der Waals surface area (Å²) in [5, 5.41) is 10.7. The first-order valence-corrected chi connectivity index (χ1v) is 8.32. The van der Waals surface area contributed by atoms with E-state index < -0.39 is 0 Å². The Kier molecular flexibility index (Phi) is 4.46. The summed E-state index contributed by atoms with van der Waals surface area (Å²) >= 11 is 0. The molecule has 1 aromatic rings. The zero-order valence-electron chi connectivity index (χ0n) is 13.0. The normalized spacial score (nSPS) is 19.1. The van der Waals surface area contributed by atoms with Crippen molar-refractivity contribution >= 4 is 6.03 Å². The van der Waals surface area contributed by atoms with Gasteiger partial charge in [-0.05, 0) is 44.1 Å². The SMILES string of the molecule is Cn1nc(CNC(=O)NC2CCCCC2)c2c1CCCC2. The van der Waals surface area contributed by atoms with E-state index in [0.29, 0.717) is 12.6 Å². The Bertz CT molecular complexity index is 503. The van der Waals surface area contributed by atoms with Crippen LogP contribution in [-0.4, -0.2) is 21.9 Å². The molecule has 0 unspecified atom stereocenters. The van der Waals surface area contributed by atoms with Crippen molar-refractivity contribution in [1.82, 2.24) is 20.4 Å². The van der Waals surface area contributed by atoms with Crippen LogP contribution >= 0.6 is 0 Å². The van der Waals surface area contributed by atoms with Crippen LogP contribution in [0.15, 0.2) is 0 Å². The molecule has 116 valence electrons. The van der Waals surface area contributed by atoms with Crippen molar-refractivity contribution in [2.24, 2.45) is 7.05 Å². The Labute approximate surface area is 126 Å². The second kappa shape index (κ2) is 6.50. The Morgan fingerprint density at radius 1 is 1.19 bits per heavy atom. The van der Waals surface area contributed by atoms with Crippen molar-refractivity contribution in [2.75, 3.05) is 0 Å². The molecule has 0 aliphatic heterocycles. The van der Waals surface area contributed by atoms with Crippen LogP contribution in [0.25, 0.3) is 0 Å². The number of rotatable bonds is 3. The molecule has 1 saturated carbocycles. The first-order chi connectivity index (χ1) is 10.2. The first kappa shape index (κ1) is 14.4. The Balaban J connectivity index is 1.54. The highest BCUT2D eigenvalue weighted by Gasteiger charge is 2.20. The number of carbonyl (C=O) groups is 1. The van der Waals surface area contributed by atoms with Gasteiger partial charge in [0.2, 0.25) is 0 Å². The molecule has 3 rings (SSSR count). The molecule has 1 fully saturated rings. The highest BCUT2D eigenvalue weighted by atomic mass is 16.2. The molecule has 0 radical (unpaired) electrons. The number of hydrogen-bond acceptors (Lipinski definition) is 2. The van der Waals surface area contributed by atoms with Gasteiger partial charge in [-0.25, -0.2) is 4.79 Å². The maximum Gasteiger partial charge on any atom is 0.315 e. The third kappa shape index (κ3) is 3.39. The van der Waals surface area contributed by atoms with Gasteiger partial charge >= 0.3 is 6.03 Å². The van der Waals surface area contributed by atoms with Gasteiger partial charge in [-0.1, -0.05) is 19.3 Å². The number of urea groups is 1. The monoisotopic (exact) mass is 290 g/mol.